The lowest BCUT2D eigenvalue weighted by Crippen LogP contribution is -2.25. The number of aromatic nitrogens is 3. The molecule has 1 N–H and O–H groups in total. The number of anilines is 2. The molecule has 0 radical (unpaired) electrons. The Morgan fingerprint density at radius 2 is 2.04 bits per heavy atom. The second-order valence-corrected chi connectivity index (χ2v) is 5.52. The van der Waals surface area contributed by atoms with Crippen LogP contribution in [0.5, 0.6) is 0 Å². The Morgan fingerprint density at radius 3 is 2.72 bits per heavy atom. The summed E-state index contributed by atoms with van der Waals surface area (Å²) in [5, 5.41) is 6.41. The molecule has 128 valence electrons. The lowest BCUT2D eigenvalue weighted by Gasteiger charge is -2.21. The average Bonchev–Trinajstić information content (AvgIpc) is 3.05. The molecule has 2 heterocycles. The zero-order chi connectivity index (χ0) is 17.6. The van der Waals surface area contributed by atoms with E-state index in [2.05, 4.69) is 20.4 Å². The highest BCUT2D eigenvalue weighted by molar-refractivity contribution is 6.02. The first-order valence-corrected chi connectivity index (χ1v) is 8.02. The van der Waals surface area contributed by atoms with Crippen molar-refractivity contribution in [2.75, 3.05) is 16.8 Å². The second kappa shape index (κ2) is 7.57. The van der Waals surface area contributed by atoms with Gasteiger partial charge >= 0.3 is 0 Å². The maximum absolute atomic E-state index is 12.3. The highest BCUT2D eigenvalue weighted by Gasteiger charge is 2.14. The minimum absolute atomic E-state index is 0.275. The van der Waals surface area contributed by atoms with E-state index < -0.39 is 0 Å². The van der Waals surface area contributed by atoms with Crippen molar-refractivity contribution in [3.05, 3.63) is 65.7 Å². The Kier molecular flexibility index (Phi) is 5.03. The molecule has 1 aromatic carbocycles. The molecule has 2 aromatic heterocycles. The number of aryl methyl sites for hydroxylation is 1. The number of amides is 1. The Morgan fingerprint density at radius 1 is 1.24 bits per heavy atom. The molecule has 0 aliphatic carbocycles. The van der Waals surface area contributed by atoms with Crippen LogP contribution in [0.1, 0.15) is 28.7 Å². The zero-order valence-corrected chi connectivity index (χ0v) is 14.1. The molecule has 0 saturated heterocycles. The number of hydrogen-bond acceptors (Lipinski definition) is 6. The maximum atomic E-state index is 12.3. The van der Waals surface area contributed by atoms with E-state index in [0.29, 0.717) is 24.1 Å². The number of carbonyl (C=O) groups is 1. The van der Waals surface area contributed by atoms with Gasteiger partial charge in [-0.2, -0.15) is 0 Å². The van der Waals surface area contributed by atoms with Crippen molar-refractivity contribution in [3.63, 3.8) is 0 Å². The van der Waals surface area contributed by atoms with Gasteiger partial charge in [0, 0.05) is 25.4 Å². The Hall–Kier alpha value is -3.22. The van der Waals surface area contributed by atoms with E-state index in [1.807, 2.05) is 42.2 Å². The van der Waals surface area contributed by atoms with Crippen LogP contribution in [0, 0.1) is 6.92 Å². The molecule has 0 saturated carbocycles. The van der Waals surface area contributed by atoms with Gasteiger partial charge < -0.3 is 14.7 Å². The molecule has 25 heavy (non-hydrogen) atoms. The smallest absolute Gasteiger partial charge is 0.275 e. The molecule has 0 unspecified atom stereocenters. The SMILES string of the molecule is CCN(Cc1ccccc1)c1nccc(C(=O)Nc2cc(C)on2)n1. The van der Waals surface area contributed by atoms with Gasteiger partial charge in [-0.3, -0.25) is 4.79 Å². The monoisotopic (exact) mass is 337 g/mol. The Balaban J connectivity index is 1.76. The van der Waals surface area contributed by atoms with Gasteiger partial charge in [-0.1, -0.05) is 35.5 Å². The predicted octanol–water partition coefficient (Wildman–Crippen LogP) is 3.05. The average molecular weight is 337 g/mol. The van der Waals surface area contributed by atoms with E-state index in [1.54, 1.807) is 25.3 Å². The van der Waals surface area contributed by atoms with Crippen molar-refractivity contribution >= 4 is 17.7 Å². The molecule has 0 fully saturated rings. The minimum atomic E-state index is -0.354. The van der Waals surface area contributed by atoms with E-state index in [1.165, 1.54) is 0 Å². The fourth-order valence-corrected chi connectivity index (χ4v) is 2.36. The summed E-state index contributed by atoms with van der Waals surface area (Å²) in [6, 6.07) is 13.3. The third-order valence-electron chi connectivity index (χ3n) is 3.63. The third-order valence-corrected chi connectivity index (χ3v) is 3.63. The quantitative estimate of drug-likeness (QED) is 0.744. The van der Waals surface area contributed by atoms with Gasteiger partial charge in [0.15, 0.2) is 5.82 Å². The highest BCUT2D eigenvalue weighted by Crippen LogP contribution is 2.14. The van der Waals surface area contributed by atoms with Crippen LogP contribution in [0.15, 0.2) is 53.2 Å². The first-order chi connectivity index (χ1) is 12.2. The Labute approximate surface area is 145 Å². The van der Waals surface area contributed by atoms with Crippen LogP contribution in [-0.2, 0) is 6.54 Å². The summed E-state index contributed by atoms with van der Waals surface area (Å²) < 4.78 is 4.94. The molecular formula is C18H19N5O2. The number of carbonyl (C=O) groups excluding carboxylic acids is 1. The first kappa shape index (κ1) is 16.6. The van der Waals surface area contributed by atoms with Gasteiger partial charge in [0.25, 0.3) is 5.91 Å². The lowest BCUT2D eigenvalue weighted by molar-refractivity contribution is 0.102. The molecule has 0 aliphatic rings. The fraction of sp³-hybridized carbons (Fsp3) is 0.222. The van der Waals surface area contributed by atoms with Crippen LogP contribution in [0.2, 0.25) is 0 Å². The summed E-state index contributed by atoms with van der Waals surface area (Å²) in [6.07, 6.45) is 1.58. The van der Waals surface area contributed by atoms with Crippen molar-refractivity contribution < 1.29 is 9.32 Å². The molecule has 0 bridgehead atoms. The third kappa shape index (κ3) is 4.20. The van der Waals surface area contributed by atoms with E-state index in [0.717, 1.165) is 12.1 Å². The maximum Gasteiger partial charge on any atom is 0.275 e. The van der Waals surface area contributed by atoms with Gasteiger partial charge in [0.1, 0.15) is 11.5 Å². The molecule has 0 aliphatic heterocycles. The molecular weight excluding hydrogens is 318 g/mol. The van der Waals surface area contributed by atoms with Crippen LogP contribution >= 0.6 is 0 Å². The van der Waals surface area contributed by atoms with E-state index in [-0.39, 0.29) is 11.6 Å². The second-order valence-electron chi connectivity index (χ2n) is 5.52. The van der Waals surface area contributed by atoms with Crippen molar-refractivity contribution in [3.8, 4) is 0 Å². The molecule has 3 aromatic rings. The first-order valence-electron chi connectivity index (χ1n) is 8.02. The normalized spacial score (nSPS) is 10.5. The van der Waals surface area contributed by atoms with Crippen LogP contribution < -0.4 is 10.2 Å². The molecule has 1 amide bonds. The standard InChI is InChI=1S/C18H19N5O2/c1-3-23(12-14-7-5-4-6-8-14)18-19-10-9-15(20-18)17(24)21-16-11-13(2)25-22-16/h4-11H,3,12H2,1-2H3,(H,21,22,24). The number of nitrogens with zero attached hydrogens (tertiary/aromatic N) is 4. The predicted molar refractivity (Wildman–Crippen MR) is 94.4 cm³/mol. The van der Waals surface area contributed by atoms with E-state index >= 15 is 0 Å². The summed E-state index contributed by atoms with van der Waals surface area (Å²) in [6.45, 7) is 5.18. The summed E-state index contributed by atoms with van der Waals surface area (Å²) in [7, 11) is 0. The van der Waals surface area contributed by atoms with Crippen LogP contribution in [0.4, 0.5) is 11.8 Å². The summed E-state index contributed by atoms with van der Waals surface area (Å²) in [5.41, 5.74) is 1.43. The van der Waals surface area contributed by atoms with Crippen molar-refractivity contribution in [2.24, 2.45) is 0 Å². The van der Waals surface area contributed by atoms with E-state index in [4.69, 9.17) is 4.52 Å². The summed E-state index contributed by atoms with van der Waals surface area (Å²) >= 11 is 0. The summed E-state index contributed by atoms with van der Waals surface area (Å²) in [4.78, 5) is 23.0. The molecule has 7 heteroatoms. The molecule has 3 rings (SSSR count). The van der Waals surface area contributed by atoms with Gasteiger partial charge in [-0.25, -0.2) is 9.97 Å². The van der Waals surface area contributed by atoms with Gasteiger partial charge in [-0.05, 0) is 25.5 Å². The van der Waals surface area contributed by atoms with Crippen molar-refractivity contribution in [1.29, 1.82) is 0 Å². The van der Waals surface area contributed by atoms with Gasteiger partial charge in [0.05, 0.1) is 0 Å². The number of benzene rings is 1. The highest BCUT2D eigenvalue weighted by atomic mass is 16.5. The van der Waals surface area contributed by atoms with Crippen LogP contribution in [-0.4, -0.2) is 27.6 Å². The minimum Gasteiger partial charge on any atom is -0.360 e. The van der Waals surface area contributed by atoms with E-state index in [9.17, 15) is 4.79 Å². The fourth-order valence-electron chi connectivity index (χ4n) is 2.36. The number of rotatable bonds is 6. The van der Waals surface area contributed by atoms with Crippen molar-refractivity contribution in [2.45, 2.75) is 20.4 Å². The molecule has 0 atom stereocenters. The van der Waals surface area contributed by atoms with Gasteiger partial charge in [-0.15, -0.1) is 0 Å². The summed E-state index contributed by atoms with van der Waals surface area (Å²) in [5.74, 6) is 1.14. The van der Waals surface area contributed by atoms with Crippen LogP contribution in [0.25, 0.3) is 0 Å². The Bertz CT molecular complexity index is 847. The molecule has 7 nitrogen and oxygen atoms in total. The number of hydrogen-bond donors (Lipinski definition) is 1. The topological polar surface area (TPSA) is 84.2 Å². The van der Waals surface area contributed by atoms with Crippen LogP contribution in [0.3, 0.4) is 0 Å². The lowest BCUT2D eigenvalue weighted by atomic mass is 10.2. The largest absolute Gasteiger partial charge is 0.360 e. The zero-order valence-electron chi connectivity index (χ0n) is 14.1. The molecule has 0 spiro atoms. The van der Waals surface area contributed by atoms with Gasteiger partial charge in [0.2, 0.25) is 5.95 Å². The van der Waals surface area contributed by atoms with Crippen molar-refractivity contribution in [1.82, 2.24) is 15.1 Å². The number of nitrogens with one attached hydrogen (secondary N) is 1.